The van der Waals surface area contributed by atoms with E-state index in [4.69, 9.17) is 32.6 Å². The first-order valence-corrected chi connectivity index (χ1v) is 9.44. The molecule has 5 N–H and O–H groups in total. The molecule has 1 heterocycles. The van der Waals surface area contributed by atoms with Gasteiger partial charge in [0, 0.05) is 23.6 Å². The number of Topliss-reactive ketones (excluding diaryl/α,β-unsaturated/α-hetero) is 1. The van der Waals surface area contributed by atoms with Gasteiger partial charge < -0.3 is 26.4 Å². The number of rotatable bonds is 8. The summed E-state index contributed by atoms with van der Waals surface area (Å²) < 4.78 is 5.69. The standard InChI is InChI=1S/C20H23ClN4O3/c21-15-10-14(11-16(12-15)27-8-3-9-28-25-20(22)23)19(26)18-17-5-2-1-4-13(17)6-7-24-18/h1-2,4,10-12,24H,3,5-9H2,(H4,22,23,25). The van der Waals surface area contributed by atoms with Crippen molar-refractivity contribution >= 4 is 23.3 Å². The van der Waals surface area contributed by atoms with Crippen molar-refractivity contribution in [2.45, 2.75) is 19.3 Å². The molecule has 0 saturated heterocycles. The number of ketones is 1. The number of carbonyl (C=O) groups excluding carboxylic acids is 1. The number of carbonyl (C=O) groups is 1. The van der Waals surface area contributed by atoms with Crippen molar-refractivity contribution in [3.8, 4) is 5.75 Å². The van der Waals surface area contributed by atoms with Gasteiger partial charge in [-0.1, -0.05) is 29.8 Å². The Balaban J connectivity index is 1.68. The second-order valence-corrected chi connectivity index (χ2v) is 6.85. The highest BCUT2D eigenvalue weighted by Gasteiger charge is 2.24. The number of hydrogen-bond acceptors (Lipinski definition) is 5. The zero-order chi connectivity index (χ0) is 19.9. The second-order valence-electron chi connectivity index (χ2n) is 6.41. The molecule has 0 aromatic heterocycles. The Hall–Kier alpha value is -2.93. The third-order valence-corrected chi connectivity index (χ3v) is 4.54. The van der Waals surface area contributed by atoms with Crippen LogP contribution in [-0.2, 0) is 4.84 Å². The molecule has 0 unspecified atom stereocenters. The summed E-state index contributed by atoms with van der Waals surface area (Å²) in [5.74, 6) is 0.315. The van der Waals surface area contributed by atoms with Crippen LogP contribution < -0.4 is 21.5 Å². The van der Waals surface area contributed by atoms with Crippen LogP contribution in [0.5, 0.6) is 5.75 Å². The Labute approximate surface area is 168 Å². The van der Waals surface area contributed by atoms with Gasteiger partial charge in [0.2, 0.25) is 11.7 Å². The lowest BCUT2D eigenvalue weighted by molar-refractivity contribution is 0.102. The molecule has 1 aliphatic carbocycles. The fourth-order valence-corrected chi connectivity index (χ4v) is 3.33. The molecule has 0 fully saturated rings. The van der Waals surface area contributed by atoms with Gasteiger partial charge in [-0.25, -0.2) is 0 Å². The zero-order valence-electron chi connectivity index (χ0n) is 15.4. The van der Waals surface area contributed by atoms with E-state index in [1.807, 2.05) is 6.08 Å². The van der Waals surface area contributed by atoms with E-state index in [-0.39, 0.29) is 11.7 Å². The summed E-state index contributed by atoms with van der Waals surface area (Å²) in [7, 11) is 0. The van der Waals surface area contributed by atoms with Gasteiger partial charge in [-0.3, -0.25) is 4.79 Å². The minimum Gasteiger partial charge on any atom is -0.493 e. The van der Waals surface area contributed by atoms with Crippen molar-refractivity contribution in [3.63, 3.8) is 0 Å². The third kappa shape index (κ3) is 5.07. The van der Waals surface area contributed by atoms with E-state index in [0.29, 0.717) is 41.7 Å². The highest BCUT2D eigenvalue weighted by Crippen LogP contribution is 2.30. The van der Waals surface area contributed by atoms with Crippen LogP contribution in [0.4, 0.5) is 0 Å². The molecule has 1 aromatic rings. The van der Waals surface area contributed by atoms with E-state index in [1.165, 1.54) is 5.57 Å². The highest BCUT2D eigenvalue weighted by molar-refractivity contribution is 6.31. The van der Waals surface area contributed by atoms with Crippen molar-refractivity contribution in [3.05, 3.63) is 63.9 Å². The number of halogens is 1. The minimum absolute atomic E-state index is 0.0839. The molecule has 0 atom stereocenters. The zero-order valence-corrected chi connectivity index (χ0v) is 16.2. The molecule has 0 radical (unpaired) electrons. The maximum atomic E-state index is 13.1. The summed E-state index contributed by atoms with van der Waals surface area (Å²) in [4.78, 5) is 18.0. The van der Waals surface area contributed by atoms with Crippen molar-refractivity contribution in [2.75, 3.05) is 19.8 Å². The fourth-order valence-electron chi connectivity index (χ4n) is 3.10. The molecule has 0 bridgehead atoms. The van der Waals surface area contributed by atoms with Crippen LogP contribution in [-0.4, -0.2) is 31.5 Å². The molecule has 3 rings (SSSR count). The van der Waals surface area contributed by atoms with Gasteiger partial charge in [-0.05, 0) is 47.3 Å². The third-order valence-electron chi connectivity index (χ3n) is 4.32. The summed E-state index contributed by atoms with van der Waals surface area (Å²) in [5, 5.41) is 7.13. The molecule has 0 amide bonds. The predicted octanol–water partition coefficient (Wildman–Crippen LogP) is 2.63. The van der Waals surface area contributed by atoms with Crippen molar-refractivity contribution < 1.29 is 14.4 Å². The summed E-state index contributed by atoms with van der Waals surface area (Å²) in [6, 6.07) is 5.04. The van der Waals surface area contributed by atoms with Gasteiger partial charge in [-0.15, -0.1) is 0 Å². The maximum Gasteiger partial charge on any atom is 0.228 e. The molecule has 1 aromatic carbocycles. The number of allylic oxidation sites excluding steroid dienone is 5. The Kier molecular flexibility index (Phi) is 6.60. The average molecular weight is 403 g/mol. The molecule has 2 aliphatic rings. The SMILES string of the molecule is NC(N)=NOCCCOc1cc(Cl)cc(C(=O)C2=C3CC=CC=C3CCN2)c1. The number of benzene rings is 1. The average Bonchev–Trinajstić information content (AvgIpc) is 2.69. The first-order chi connectivity index (χ1) is 13.5. The molecular formula is C20H23ClN4O3. The second kappa shape index (κ2) is 9.32. The van der Waals surface area contributed by atoms with Crippen LogP contribution in [0.1, 0.15) is 29.6 Å². The molecule has 0 spiro atoms. The fraction of sp³-hybridized carbons (Fsp3) is 0.300. The van der Waals surface area contributed by atoms with E-state index in [0.717, 1.165) is 25.0 Å². The van der Waals surface area contributed by atoms with E-state index < -0.39 is 0 Å². The van der Waals surface area contributed by atoms with Crippen LogP contribution in [0.25, 0.3) is 0 Å². The van der Waals surface area contributed by atoms with E-state index in [9.17, 15) is 4.79 Å². The van der Waals surface area contributed by atoms with Gasteiger partial charge in [0.25, 0.3) is 0 Å². The number of guanidine groups is 1. The molecule has 148 valence electrons. The monoisotopic (exact) mass is 402 g/mol. The van der Waals surface area contributed by atoms with Crippen LogP contribution in [0.15, 0.2) is 58.4 Å². The quantitative estimate of drug-likeness (QED) is 0.202. The molecule has 28 heavy (non-hydrogen) atoms. The highest BCUT2D eigenvalue weighted by atomic mass is 35.5. The van der Waals surface area contributed by atoms with E-state index >= 15 is 0 Å². The summed E-state index contributed by atoms with van der Waals surface area (Å²) >= 11 is 6.21. The Morgan fingerprint density at radius 1 is 1.25 bits per heavy atom. The van der Waals surface area contributed by atoms with Crippen LogP contribution >= 0.6 is 11.6 Å². The number of oxime groups is 1. The topological polar surface area (TPSA) is 112 Å². The first-order valence-electron chi connectivity index (χ1n) is 9.06. The maximum absolute atomic E-state index is 13.1. The minimum atomic E-state index is -0.128. The molecule has 7 nitrogen and oxygen atoms in total. The van der Waals surface area contributed by atoms with Gasteiger partial charge in [0.1, 0.15) is 12.4 Å². The largest absolute Gasteiger partial charge is 0.493 e. The molecular weight excluding hydrogens is 380 g/mol. The number of hydrogen-bond donors (Lipinski definition) is 3. The molecule has 0 saturated carbocycles. The van der Waals surface area contributed by atoms with Gasteiger partial charge in [-0.2, -0.15) is 0 Å². The summed E-state index contributed by atoms with van der Waals surface area (Å²) in [6.07, 6.45) is 8.40. The number of ether oxygens (including phenoxy) is 1. The number of nitrogens with two attached hydrogens (primary N) is 2. The first kappa shape index (κ1) is 19.8. The summed E-state index contributed by atoms with van der Waals surface area (Å²) in [6.45, 7) is 1.43. The number of nitrogens with zero attached hydrogens (tertiary/aromatic N) is 1. The Morgan fingerprint density at radius 2 is 2.11 bits per heavy atom. The smallest absolute Gasteiger partial charge is 0.228 e. The van der Waals surface area contributed by atoms with Crippen LogP contribution in [0.2, 0.25) is 5.02 Å². The number of nitrogens with one attached hydrogen (secondary N) is 1. The van der Waals surface area contributed by atoms with Crippen LogP contribution in [0, 0.1) is 0 Å². The lowest BCUT2D eigenvalue weighted by Crippen LogP contribution is -2.29. The lowest BCUT2D eigenvalue weighted by atomic mass is 9.88. The van der Waals surface area contributed by atoms with Gasteiger partial charge in [0.15, 0.2) is 0 Å². The van der Waals surface area contributed by atoms with Crippen molar-refractivity contribution in [2.24, 2.45) is 16.6 Å². The summed E-state index contributed by atoms with van der Waals surface area (Å²) in [5.41, 5.74) is 13.7. The number of fused-ring (bicyclic) bond motifs is 1. The van der Waals surface area contributed by atoms with Crippen LogP contribution in [0.3, 0.4) is 0 Å². The molecule has 8 heteroatoms. The van der Waals surface area contributed by atoms with Crippen molar-refractivity contribution in [1.82, 2.24) is 5.32 Å². The normalized spacial score (nSPS) is 15.2. The Morgan fingerprint density at radius 3 is 2.93 bits per heavy atom. The molecule has 1 aliphatic heterocycles. The lowest BCUT2D eigenvalue weighted by Gasteiger charge is -2.25. The Bertz CT molecular complexity index is 870. The van der Waals surface area contributed by atoms with Gasteiger partial charge in [0.05, 0.1) is 12.3 Å². The van der Waals surface area contributed by atoms with E-state index in [1.54, 1.807) is 18.2 Å². The van der Waals surface area contributed by atoms with Gasteiger partial charge >= 0.3 is 0 Å². The predicted molar refractivity (Wildman–Crippen MR) is 109 cm³/mol. The van der Waals surface area contributed by atoms with Crippen molar-refractivity contribution in [1.29, 1.82) is 0 Å². The van der Waals surface area contributed by atoms with E-state index in [2.05, 4.69) is 22.6 Å².